The number of carbonyl (C=O) groups is 1. The molecule has 0 aromatic heterocycles. The van der Waals surface area contributed by atoms with E-state index in [-0.39, 0.29) is 13.2 Å². The molecule has 0 saturated heterocycles. The van der Waals surface area contributed by atoms with E-state index in [1.807, 2.05) is 0 Å². The summed E-state index contributed by atoms with van der Waals surface area (Å²) in [6.07, 6.45) is 0. The van der Waals surface area contributed by atoms with E-state index in [9.17, 15) is 4.79 Å². The molecule has 0 saturated carbocycles. The van der Waals surface area contributed by atoms with Gasteiger partial charge in [0.05, 0.1) is 13.2 Å². The fraction of sp³-hybridized carbons (Fsp3) is 0.500. The van der Waals surface area contributed by atoms with Crippen molar-refractivity contribution < 1.29 is 9.53 Å². The Kier molecular flexibility index (Phi) is 3.32. The maximum absolute atomic E-state index is 10.0. The number of hydrogen-bond donors (Lipinski definition) is 1. The molecule has 1 radical (unpaired) electrons. The van der Waals surface area contributed by atoms with E-state index in [2.05, 4.69) is 11.7 Å². The number of carbonyl (C=O) groups excluding carboxylic acids is 1. The molecule has 3 heteroatoms. The monoisotopic (exact) mass is 102 g/mol. The summed E-state index contributed by atoms with van der Waals surface area (Å²) in [5.74, 6) is -0.407. The normalized spacial score (nSPS) is 8.29. The van der Waals surface area contributed by atoms with Gasteiger partial charge in [0.15, 0.2) is 0 Å². The van der Waals surface area contributed by atoms with Crippen LogP contribution < -0.4 is 5.73 Å². The molecule has 41 valence electrons. The third kappa shape index (κ3) is 3.26. The van der Waals surface area contributed by atoms with Crippen molar-refractivity contribution >= 4 is 5.97 Å². The lowest BCUT2D eigenvalue weighted by atomic mass is 10.7. The highest BCUT2D eigenvalue weighted by Gasteiger charge is 1.91. The Bertz CT molecular complexity index is 62.7. The quantitative estimate of drug-likeness (QED) is 0.470. The molecule has 0 bridgehead atoms. The van der Waals surface area contributed by atoms with Crippen molar-refractivity contribution in [1.82, 2.24) is 0 Å². The second-order valence-corrected chi connectivity index (χ2v) is 0.925. The Morgan fingerprint density at radius 3 is 2.57 bits per heavy atom. The highest BCUT2D eigenvalue weighted by molar-refractivity contribution is 5.71. The average Bonchev–Trinajstić information content (AvgIpc) is 1.68. The number of esters is 1. The first-order chi connectivity index (χ1) is 3.31. The molecule has 0 unspecified atom stereocenters. The van der Waals surface area contributed by atoms with Crippen molar-refractivity contribution in [3.63, 3.8) is 0 Å². The van der Waals surface area contributed by atoms with E-state index in [1.54, 1.807) is 0 Å². The van der Waals surface area contributed by atoms with Gasteiger partial charge in [-0.15, -0.1) is 0 Å². The molecule has 0 fully saturated rings. The van der Waals surface area contributed by atoms with Gasteiger partial charge < -0.3 is 10.5 Å². The minimum atomic E-state index is -0.407. The van der Waals surface area contributed by atoms with Crippen LogP contribution in [0.3, 0.4) is 0 Å². The van der Waals surface area contributed by atoms with Gasteiger partial charge in [0.25, 0.3) is 0 Å². The van der Waals surface area contributed by atoms with Crippen molar-refractivity contribution in [2.75, 3.05) is 13.2 Å². The minimum absolute atomic E-state index is 0.0600. The van der Waals surface area contributed by atoms with Crippen molar-refractivity contribution in [2.45, 2.75) is 0 Å². The SMILES string of the molecule is [CH2]COC(=O)CN. The van der Waals surface area contributed by atoms with Crippen LogP contribution in [0.4, 0.5) is 0 Å². The summed E-state index contributed by atoms with van der Waals surface area (Å²) in [5.41, 5.74) is 4.86. The number of ether oxygens (including phenoxy) is 1. The van der Waals surface area contributed by atoms with Gasteiger partial charge in [0, 0.05) is 0 Å². The summed E-state index contributed by atoms with van der Waals surface area (Å²) >= 11 is 0. The van der Waals surface area contributed by atoms with Crippen molar-refractivity contribution in [1.29, 1.82) is 0 Å². The molecular formula is C4H8NO2. The summed E-state index contributed by atoms with van der Waals surface area (Å²) in [5, 5.41) is 0. The van der Waals surface area contributed by atoms with Crippen LogP contribution in [-0.2, 0) is 9.53 Å². The van der Waals surface area contributed by atoms with Gasteiger partial charge in [0.2, 0.25) is 0 Å². The highest BCUT2D eigenvalue weighted by atomic mass is 16.5. The molecule has 0 aliphatic heterocycles. The van der Waals surface area contributed by atoms with Gasteiger partial charge in [0.1, 0.15) is 0 Å². The van der Waals surface area contributed by atoms with E-state index in [4.69, 9.17) is 5.73 Å². The molecule has 0 rings (SSSR count). The smallest absolute Gasteiger partial charge is 0.319 e. The number of hydrogen-bond acceptors (Lipinski definition) is 3. The summed E-state index contributed by atoms with van der Waals surface area (Å²) in [6.45, 7) is 3.38. The van der Waals surface area contributed by atoms with Crippen molar-refractivity contribution in [3.8, 4) is 0 Å². The molecule has 7 heavy (non-hydrogen) atoms. The molecule has 0 atom stereocenters. The Hall–Kier alpha value is -0.570. The van der Waals surface area contributed by atoms with Crippen LogP contribution in [-0.4, -0.2) is 19.1 Å². The lowest BCUT2D eigenvalue weighted by molar-refractivity contribution is -0.140. The zero-order valence-corrected chi connectivity index (χ0v) is 4.02. The van der Waals surface area contributed by atoms with Gasteiger partial charge in [-0.3, -0.25) is 4.79 Å². The van der Waals surface area contributed by atoms with E-state index in [1.165, 1.54) is 0 Å². The van der Waals surface area contributed by atoms with Gasteiger partial charge in [-0.1, -0.05) is 0 Å². The second-order valence-electron chi connectivity index (χ2n) is 0.925. The average molecular weight is 102 g/mol. The summed E-state index contributed by atoms with van der Waals surface area (Å²) < 4.78 is 4.32. The first-order valence-corrected chi connectivity index (χ1v) is 1.96. The van der Waals surface area contributed by atoms with Crippen LogP contribution >= 0.6 is 0 Å². The number of nitrogens with two attached hydrogens (primary N) is 1. The third-order valence-electron chi connectivity index (χ3n) is 0.430. The topological polar surface area (TPSA) is 52.3 Å². The van der Waals surface area contributed by atoms with Crippen LogP contribution in [0.5, 0.6) is 0 Å². The van der Waals surface area contributed by atoms with Gasteiger partial charge in [-0.2, -0.15) is 0 Å². The first-order valence-electron chi connectivity index (χ1n) is 1.96. The fourth-order valence-electron chi connectivity index (χ4n) is 0.173. The van der Waals surface area contributed by atoms with Gasteiger partial charge in [-0.25, -0.2) is 0 Å². The molecule has 0 spiro atoms. The molecule has 2 N–H and O–H groups in total. The summed E-state index contributed by atoms with van der Waals surface area (Å²) in [6, 6.07) is 0. The summed E-state index contributed by atoms with van der Waals surface area (Å²) in [4.78, 5) is 10.0. The largest absolute Gasteiger partial charge is 0.465 e. The van der Waals surface area contributed by atoms with Crippen molar-refractivity contribution in [2.24, 2.45) is 5.73 Å². The summed E-state index contributed by atoms with van der Waals surface area (Å²) in [7, 11) is 0. The van der Waals surface area contributed by atoms with E-state index < -0.39 is 5.97 Å². The fourth-order valence-corrected chi connectivity index (χ4v) is 0.173. The molecular weight excluding hydrogens is 94.0 g/mol. The minimum Gasteiger partial charge on any atom is -0.465 e. The van der Waals surface area contributed by atoms with Gasteiger partial charge in [-0.05, 0) is 6.92 Å². The molecule has 0 aromatic carbocycles. The maximum Gasteiger partial charge on any atom is 0.319 e. The highest BCUT2D eigenvalue weighted by Crippen LogP contribution is 1.69. The molecule has 0 aliphatic rings. The molecule has 3 nitrogen and oxygen atoms in total. The van der Waals surface area contributed by atoms with E-state index in [0.29, 0.717) is 0 Å². The predicted octanol–water partition coefficient (Wildman–Crippen LogP) is -0.678. The lowest BCUT2D eigenvalue weighted by Gasteiger charge is -1.93. The van der Waals surface area contributed by atoms with Crippen LogP contribution in [0.15, 0.2) is 0 Å². The number of rotatable bonds is 2. The zero-order valence-electron chi connectivity index (χ0n) is 4.02. The standard InChI is InChI=1S/C4H8NO2/c1-2-7-4(6)3-5/h1-3,5H2. The van der Waals surface area contributed by atoms with Crippen LogP contribution in [0.2, 0.25) is 0 Å². The van der Waals surface area contributed by atoms with Crippen LogP contribution in [0, 0.1) is 6.92 Å². The van der Waals surface area contributed by atoms with Crippen molar-refractivity contribution in [3.05, 3.63) is 6.92 Å². The zero-order chi connectivity index (χ0) is 5.70. The van der Waals surface area contributed by atoms with Gasteiger partial charge >= 0.3 is 5.97 Å². The van der Waals surface area contributed by atoms with E-state index >= 15 is 0 Å². The Morgan fingerprint density at radius 2 is 2.43 bits per heavy atom. The maximum atomic E-state index is 10.0. The molecule has 0 amide bonds. The van der Waals surface area contributed by atoms with E-state index in [0.717, 1.165) is 0 Å². The molecule has 0 aromatic rings. The lowest BCUT2D eigenvalue weighted by Crippen LogP contribution is -2.16. The molecule has 0 heterocycles. The second kappa shape index (κ2) is 3.61. The Labute approximate surface area is 42.4 Å². The first kappa shape index (κ1) is 6.43. The Balaban J connectivity index is 3.00. The Morgan fingerprint density at radius 1 is 1.86 bits per heavy atom. The third-order valence-corrected chi connectivity index (χ3v) is 0.430. The predicted molar refractivity (Wildman–Crippen MR) is 25.4 cm³/mol. The van der Waals surface area contributed by atoms with Crippen LogP contribution in [0.25, 0.3) is 0 Å². The van der Waals surface area contributed by atoms with Crippen LogP contribution in [0.1, 0.15) is 0 Å². The molecule has 0 aliphatic carbocycles.